The summed E-state index contributed by atoms with van der Waals surface area (Å²) in [7, 11) is 0. The lowest BCUT2D eigenvalue weighted by atomic mass is 10.0. The van der Waals surface area contributed by atoms with Crippen LogP contribution in [0.25, 0.3) is 0 Å². The van der Waals surface area contributed by atoms with Gasteiger partial charge in [0.05, 0.1) is 0 Å². The van der Waals surface area contributed by atoms with Crippen LogP contribution in [0.15, 0.2) is 35.1 Å². The number of aromatic amines is 1. The minimum atomic E-state index is -0.311. The average Bonchev–Trinajstić information content (AvgIpc) is 2.37. The normalized spacial score (nSPS) is 10.2. The summed E-state index contributed by atoms with van der Waals surface area (Å²) in [6.07, 6.45) is 1.43. The van der Waals surface area contributed by atoms with Crippen LogP contribution < -0.4 is 5.56 Å². The van der Waals surface area contributed by atoms with Gasteiger partial charge in [-0.15, -0.1) is 0 Å². The molecule has 0 spiro atoms. The molecule has 4 heteroatoms. The zero-order chi connectivity index (χ0) is 13.8. The molecule has 1 N–H and O–H groups in total. The molecule has 0 aliphatic carbocycles. The highest BCUT2D eigenvalue weighted by atomic mass is 35.5. The van der Waals surface area contributed by atoms with E-state index in [1.165, 1.54) is 0 Å². The average molecular weight is 273 g/mol. The van der Waals surface area contributed by atoms with Crippen LogP contribution in [-0.2, 0) is 12.8 Å². The topological polar surface area (TPSA) is 56.6 Å². The second kappa shape index (κ2) is 5.73. The van der Waals surface area contributed by atoms with Crippen molar-refractivity contribution in [2.24, 2.45) is 0 Å². The molecule has 2 rings (SSSR count). The van der Waals surface area contributed by atoms with Crippen LogP contribution in [0.4, 0.5) is 0 Å². The van der Waals surface area contributed by atoms with Gasteiger partial charge in [-0.2, -0.15) is 5.26 Å². The monoisotopic (exact) mass is 272 g/mol. The molecular weight excluding hydrogens is 260 g/mol. The first-order chi connectivity index (χ1) is 9.10. The summed E-state index contributed by atoms with van der Waals surface area (Å²) in [4.78, 5) is 14.3. The van der Waals surface area contributed by atoms with E-state index in [2.05, 4.69) is 4.98 Å². The standard InChI is InChI=1S/C15H13ClN2O/c1-10-8-12(14(9-17)15(19)18-10)5-2-11-3-6-13(16)7-4-11/h3-4,6-8H,2,5H2,1H3,(H,18,19). The molecule has 2 aromatic rings. The number of hydrogen-bond acceptors (Lipinski definition) is 2. The molecule has 0 unspecified atom stereocenters. The fraction of sp³-hybridized carbons (Fsp3) is 0.200. The summed E-state index contributed by atoms with van der Waals surface area (Å²) < 4.78 is 0. The van der Waals surface area contributed by atoms with Crippen molar-refractivity contribution in [2.75, 3.05) is 0 Å². The Hall–Kier alpha value is -2.05. The quantitative estimate of drug-likeness (QED) is 0.934. The Morgan fingerprint density at radius 2 is 1.95 bits per heavy atom. The summed E-state index contributed by atoms with van der Waals surface area (Å²) in [6.45, 7) is 1.81. The number of pyridine rings is 1. The van der Waals surface area contributed by atoms with Gasteiger partial charge in [0.2, 0.25) is 0 Å². The number of hydrogen-bond donors (Lipinski definition) is 1. The zero-order valence-electron chi connectivity index (χ0n) is 10.5. The molecule has 1 heterocycles. The number of benzene rings is 1. The maximum atomic E-state index is 11.7. The summed E-state index contributed by atoms with van der Waals surface area (Å²) >= 11 is 5.83. The number of nitrogens with zero attached hydrogens (tertiary/aromatic N) is 1. The van der Waals surface area contributed by atoms with E-state index in [1.807, 2.05) is 43.3 Å². The lowest BCUT2D eigenvalue weighted by molar-refractivity contribution is 0.936. The predicted molar refractivity (Wildman–Crippen MR) is 75.4 cm³/mol. The van der Waals surface area contributed by atoms with Crippen LogP contribution in [0.5, 0.6) is 0 Å². The van der Waals surface area contributed by atoms with E-state index < -0.39 is 0 Å². The highest BCUT2D eigenvalue weighted by Crippen LogP contribution is 2.13. The first-order valence-corrected chi connectivity index (χ1v) is 6.35. The van der Waals surface area contributed by atoms with Gasteiger partial charge in [0.25, 0.3) is 5.56 Å². The molecule has 0 radical (unpaired) electrons. The summed E-state index contributed by atoms with van der Waals surface area (Å²) in [5.74, 6) is 0. The molecule has 0 atom stereocenters. The minimum absolute atomic E-state index is 0.208. The van der Waals surface area contributed by atoms with Crippen molar-refractivity contribution in [3.63, 3.8) is 0 Å². The van der Waals surface area contributed by atoms with Crippen molar-refractivity contribution in [2.45, 2.75) is 19.8 Å². The van der Waals surface area contributed by atoms with Crippen LogP contribution in [-0.4, -0.2) is 4.98 Å². The van der Waals surface area contributed by atoms with Crippen LogP contribution in [0, 0.1) is 18.3 Å². The summed E-state index contributed by atoms with van der Waals surface area (Å²) in [5.41, 5.74) is 2.59. The van der Waals surface area contributed by atoms with E-state index in [0.717, 1.165) is 23.2 Å². The minimum Gasteiger partial charge on any atom is -0.325 e. The molecule has 0 amide bonds. The van der Waals surface area contributed by atoms with E-state index in [-0.39, 0.29) is 11.1 Å². The van der Waals surface area contributed by atoms with Crippen molar-refractivity contribution in [3.05, 3.63) is 68.1 Å². The van der Waals surface area contributed by atoms with Gasteiger partial charge in [0.15, 0.2) is 0 Å². The number of halogens is 1. The fourth-order valence-electron chi connectivity index (χ4n) is 2.01. The molecule has 0 fully saturated rings. The van der Waals surface area contributed by atoms with Crippen LogP contribution in [0.2, 0.25) is 5.02 Å². The SMILES string of the molecule is Cc1cc(CCc2ccc(Cl)cc2)c(C#N)c(=O)[nH]1. The molecule has 0 bridgehead atoms. The number of H-pyrrole nitrogens is 1. The molecule has 1 aromatic carbocycles. The van der Waals surface area contributed by atoms with Crippen LogP contribution in [0.1, 0.15) is 22.4 Å². The van der Waals surface area contributed by atoms with Crippen molar-refractivity contribution < 1.29 is 0 Å². The van der Waals surface area contributed by atoms with Crippen molar-refractivity contribution in [1.29, 1.82) is 5.26 Å². The zero-order valence-corrected chi connectivity index (χ0v) is 11.3. The van der Waals surface area contributed by atoms with Gasteiger partial charge in [-0.1, -0.05) is 23.7 Å². The Balaban J connectivity index is 2.22. The van der Waals surface area contributed by atoms with Gasteiger partial charge in [0, 0.05) is 10.7 Å². The second-order valence-electron chi connectivity index (χ2n) is 4.42. The van der Waals surface area contributed by atoms with Crippen molar-refractivity contribution in [1.82, 2.24) is 4.98 Å². The summed E-state index contributed by atoms with van der Waals surface area (Å²) in [5, 5.41) is 9.74. The third-order valence-electron chi connectivity index (χ3n) is 2.96. The smallest absolute Gasteiger partial charge is 0.266 e. The number of aryl methyl sites for hydroxylation is 3. The molecule has 0 saturated heterocycles. The Bertz CT molecular complexity index is 681. The van der Waals surface area contributed by atoms with Crippen molar-refractivity contribution in [3.8, 4) is 6.07 Å². The number of nitrogens with one attached hydrogen (secondary N) is 1. The van der Waals surface area contributed by atoms with Gasteiger partial charge in [-0.25, -0.2) is 0 Å². The maximum absolute atomic E-state index is 11.7. The van der Waals surface area contributed by atoms with Crippen molar-refractivity contribution >= 4 is 11.6 Å². The van der Waals surface area contributed by atoms with Gasteiger partial charge < -0.3 is 4.98 Å². The first kappa shape index (κ1) is 13.4. The van der Waals surface area contributed by atoms with Gasteiger partial charge in [-0.05, 0) is 49.1 Å². The predicted octanol–water partition coefficient (Wildman–Crippen LogP) is 2.99. The fourth-order valence-corrected chi connectivity index (χ4v) is 2.13. The third kappa shape index (κ3) is 3.24. The Morgan fingerprint density at radius 1 is 1.26 bits per heavy atom. The highest BCUT2D eigenvalue weighted by molar-refractivity contribution is 6.30. The molecule has 96 valence electrons. The number of aromatic nitrogens is 1. The number of nitriles is 1. The highest BCUT2D eigenvalue weighted by Gasteiger charge is 2.08. The first-order valence-electron chi connectivity index (χ1n) is 5.97. The van der Waals surface area contributed by atoms with Crippen LogP contribution in [0.3, 0.4) is 0 Å². The Labute approximate surface area is 116 Å². The lowest BCUT2D eigenvalue weighted by Crippen LogP contribution is -2.14. The molecule has 0 aliphatic rings. The van der Waals surface area contributed by atoms with E-state index in [0.29, 0.717) is 11.4 Å². The Morgan fingerprint density at radius 3 is 2.58 bits per heavy atom. The lowest BCUT2D eigenvalue weighted by Gasteiger charge is -2.05. The van der Waals surface area contributed by atoms with Gasteiger partial charge in [-0.3, -0.25) is 4.79 Å². The van der Waals surface area contributed by atoms with E-state index in [1.54, 1.807) is 0 Å². The molecule has 0 aliphatic heterocycles. The van der Waals surface area contributed by atoms with E-state index in [4.69, 9.17) is 16.9 Å². The van der Waals surface area contributed by atoms with E-state index in [9.17, 15) is 4.79 Å². The number of rotatable bonds is 3. The van der Waals surface area contributed by atoms with Crippen LogP contribution >= 0.6 is 11.6 Å². The van der Waals surface area contributed by atoms with E-state index >= 15 is 0 Å². The second-order valence-corrected chi connectivity index (χ2v) is 4.86. The third-order valence-corrected chi connectivity index (χ3v) is 3.21. The van der Waals surface area contributed by atoms with Gasteiger partial charge >= 0.3 is 0 Å². The summed E-state index contributed by atoms with van der Waals surface area (Å²) in [6, 6.07) is 11.4. The Kier molecular flexibility index (Phi) is 4.03. The maximum Gasteiger partial charge on any atom is 0.266 e. The van der Waals surface area contributed by atoms with Gasteiger partial charge in [0.1, 0.15) is 11.6 Å². The largest absolute Gasteiger partial charge is 0.325 e. The molecule has 1 aromatic heterocycles. The molecule has 3 nitrogen and oxygen atoms in total. The molecule has 19 heavy (non-hydrogen) atoms. The molecular formula is C15H13ClN2O. The molecule has 0 saturated carbocycles.